The van der Waals surface area contributed by atoms with Crippen LogP contribution in [0.25, 0.3) is 11.4 Å². The first kappa shape index (κ1) is 15.6. The number of nitrogens with zero attached hydrogens (tertiary/aromatic N) is 2. The topological polar surface area (TPSA) is 49.8 Å². The van der Waals surface area contributed by atoms with E-state index in [-0.39, 0.29) is 0 Å². The first-order chi connectivity index (χ1) is 12.3. The van der Waals surface area contributed by atoms with Crippen molar-refractivity contribution < 1.29 is 0 Å². The van der Waals surface area contributed by atoms with Crippen LogP contribution in [0.15, 0.2) is 60.7 Å². The molecule has 1 saturated carbocycles. The minimum Gasteiger partial charge on any atom is -0.367 e. The van der Waals surface area contributed by atoms with Gasteiger partial charge in [-0.05, 0) is 30.9 Å². The zero-order chi connectivity index (χ0) is 17.1. The predicted octanol–water partition coefficient (Wildman–Crippen LogP) is 4.64. The van der Waals surface area contributed by atoms with E-state index >= 15 is 0 Å². The van der Waals surface area contributed by atoms with Gasteiger partial charge in [0.1, 0.15) is 11.6 Å². The second-order valence-electron chi connectivity index (χ2n) is 6.53. The summed E-state index contributed by atoms with van der Waals surface area (Å²) in [6.07, 6.45) is 2.44. The molecule has 0 spiro atoms. The van der Waals surface area contributed by atoms with Gasteiger partial charge in [-0.1, -0.05) is 54.6 Å². The predicted molar refractivity (Wildman–Crippen MR) is 103 cm³/mol. The number of hydrogen-bond acceptors (Lipinski definition) is 4. The van der Waals surface area contributed by atoms with Gasteiger partial charge in [-0.2, -0.15) is 0 Å². The standard InChI is InChI=1S/C21H22N4/c1-15-7-5-6-10-17(15)14-22-19-13-20(23-18-11-12-18)25-21(24-19)16-8-3-2-4-9-16/h2-10,13,18H,11-12,14H2,1H3,(H2,22,23,24,25). The molecule has 25 heavy (non-hydrogen) atoms. The molecule has 4 nitrogen and oxygen atoms in total. The minimum absolute atomic E-state index is 0.558. The number of hydrogen-bond donors (Lipinski definition) is 2. The highest BCUT2D eigenvalue weighted by Crippen LogP contribution is 2.26. The average molecular weight is 330 g/mol. The number of rotatable bonds is 6. The highest BCUT2D eigenvalue weighted by Gasteiger charge is 2.22. The molecule has 2 aromatic carbocycles. The highest BCUT2D eigenvalue weighted by molar-refractivity contribution is 5.61. The van der Waals surface area contributed by atoms with Gasteiger partial charge in [0.15, 0.2) is 5.82 Å². The first-order valence-corrected chi connectivity index (χ1v) is 8.77. The molecule has 4 rings (SSSR count). The summed E-state index contributed by atoms with van der Waals surface area (Å²) >= 11 is 0. The van der Waals surface area contributed by atoms with Crippen molar-refractivity contribution in [2.24, 2.45) is 0 Å². The number of nitrogens with one attached hydrogen (secondary N) is 2. The van der Waals surface area contributed by atoms with Gasteiger partial charge in [0, 0.05) is 24.2 Å². The van der Waals surface area contributed by atoms with Crippen LogP contribution in [0.5, 0.6) is 0 Å². The van der Waals surface area contributed by atoms with Gasteiger partial charge in [0.25, 0.3) is 0 Å². The van der Waals surface area contributed by atoms with Crippen LogP contribution >= 0.6 is 0 Å². The van der Waals surface area contributed by atoms with Crippen molar-refractivity contribution in [2.75, 3.05) is 10.6 Å². The second kappa shape index (κ2) is 6.93. The van der Waals surface area contributed by atoms with Crippen LogP contribution in [-0.4, -0.2) is 16.0 Å². The van der Waals surface area contributed by atoms with Crippen LogP contribution in [0.2, 0.25) is 0 Å². The number of anilines is 2. The maximum absolute atomic E-state index is 4.71. The van der Waals surface area contributed by atoms with Gasteiger partial charge in [0.05, 0.1) is 0 Å². The van der Waals surface area contributed by atoms with Crippen molar-refractivity contribution in [1.29, 1.82) is 0 Å². The molecule has 1 aliphatic carbocycles. The first-order valence-electron chi connectivity index (χ1n) is 8.77. The summed E-state index contributed by atoms with van der Waals surface area (Å²) in [5.74, 6) is 2.49. The molecule has 1 heterocycles. The molecular formula is C21H22N4. The molecule has 0 aliphatic heterocycles. The monoisotopic (exact) mass is 330 g/mol. The SMILES string of the molecule is Cc1ccccc1CNc1cc(NC2CC2)nc(-c2ccccc2)n1. The van der Waals surface area contributed by atoms with Gasteiger partial charge in [0.2, 0.25) is 0 Å². The van der Waals surface area contributed by atoms with Crippen LogP contribution in [-0.2, 0) is 6.54 Å². The van der Waals surface area contributed by atoms with E-state index < -0.39 is 0 Å². The second-order valence-corrected chi connectivity index (χ2v) is 6.53. The van der Waals surface area contributed by atoms with Crippen molar-refractivity contribution in [1.82, 2.24) is 9.97 Å². The molecule has 4 heteroatoms. The third-order valence-corrected chi connectivity index (χ3v) is 4.41. The average Bonchev–Trinajstić information content (AvgIpc) is 3.46. The zero-order valence-electron chi connectivity index (χ0n) is 14.4. The van der Waals surface area contributed by atoms with E-state index in [1.165, 1.54) is 24.0 Å². The van der Waals surface area contributed by atoms with Crippen molar-refractivity contribution >= 4 is 11.6 Å². The normalized spacial score (nSPS) is 13.5. The molecule has 1 aromatic heterocycles. The van der Waals surface area contributed by atoms with Crippen LogP contribution < -0.4 is 10.6 Å². The van der Waals surface area contributed by atoms with Gasteiger partial charge in [-0.25, -0.2) is 9.97 Å². The van der Waals surface area contributed by atoms with Crippen molar-refractivity contribution in [3.8, 4) is 11.4 Å². The molecule has 0 amide bonds. The van der Waals surface area contributed by atoms with Gasteiger partial charge >= 0.3 is 0 Å². The van der Waals surface area contributed by atoms with E-state index in [0.717, 1.165) is 29.6 Å². The third-order valence-electron chi connectivity index (χ3n) is 4.41. The molecular weight excluding hydrogens is 308 g/mol. The number of benzene rings is 2. The van der Waals surface area contributed by atoms with Crippen molar-refractivity contribution in [3.63, 3.8) is 0 Å². The lowest BCUT2D eigenvalue weighted by molar-refractivity contribution is 1.05. The lowest BCUT2D eigenvalue weighted by Crippen LogP contribution is -2.08. The maximum Gasteiger partial charge on any atom is 0.163 e. The van der Waals surface area contributed by atoms with Crippen molar-refractivity contribution in [2.45, 2.75) is 32.4 Å². The largest absolute Gasteiger partial charge is 0.367 e. The van der Waals surface area contributed by atoms with E-state index in [2.05, 4.69) is 41.8 Å². The molecule has 3 aromatic rings. The highest BCUT2D eigenvalue weighted by atomic mass is 15.1. The number of aromatic nitrogens is 2. The van der Waals surface area contributed by atoms with E-state index in [1.807, 2.05) is 36.4 Å². The molecule has 2 N–H and O–H groups in total. The van der Waals surface area contributed by atoms with Crippen LogP contribution in [0.3, 0.4) is 0 Å². The van der Waals surface area contributed by atoms with Crippen LogP contribution in [0.4, 0.5) is 11.6 Å². The van der Waals surface area contributed by atoms with Crippen LogP contribution in [0.1, 0.15) is 24.0 Å². The van der Waals surface area contributed by atoms with E-state index in [1.54, 1.807) is 0 Å². The zero-order valence-corrected chi connectivity index (χ0v) is 14.4. The smallest absolute Gasteiger partial charge is 0.163 e. The Bertz CT molecular complexity index is 857. The van der Waals surface area contributed by atoms with E-state index in [4.69, 9.17) is 9.97 Å². The summed E-state index contributed by atoms with van der Waals surface area (Å²) in [5, 5.41) is 6.94. The summed E-state index contributed by atoms with van der Waals surface area (Å²) < 4.78 is 0. The molecule has 0 saturated heterocycles. The molecule has 0 unspecified atom stereocenters. The molecule has 126 valence electrons. The lowest BCUT2D eigenvalue weighted by atomic mass is 10.1. The Morgan fingerprint density at radius 1 is 0.920 bits per heavy atom. The number of aryl methyl sites for hydroxylation is 1. The molecule has 1 fully saturated rings. The summed E-state index contributed by atoms with van der Waals surface area (Å²) in [5.41, 5.74) is 3.59. The van der Waals surface area contributed by atoms with Gasteiger partial charge < -0.3 is 10.6 Å². The Labute approximate surface area is 148 Å². The Hall–Kier alpha value is -2.88. The van der Waals surface area contributed by atoms with Crippen LogP contribution in [0, 0.1) is 6.92 Å². The van der Waals surface area contributed by atoms with Gasteiger partial charge in [-0.15, -0.1) is 0 Å². The molecule has 0 atom stereocenters. The fourth-order valence-corrected chi connectivity index (χ4v) is 2.76. The lowest BCUT2D eigenvalue weighted by Gasteiger charge is -2.12. The molecule has 0 bridgehead atoms. The summed E-state index contributed by atoms with van der Waals surface area (Å²) in [7, 11) is 0. The molecule has 0 radical (unpaired) electrons. The summed E-state index contributed by atoms with van der Waals surface area (Å²) in [6, 6.07) is 21.1. The Balaban J connectivity index is 1.60. The third kappa shape index (κ3) is 3.97. The molecule has 1 aliphatic rings. The fourth-order valence-electron chi connectivity index (χ4n) is 2.76. The van der Waals surface area contributed by atoms with Crippen molar-refractivity contribution in [3.05, 3.63) is 71.8 Å². The maximum atomic E-state index is 4.71. The quantitative estimate of drug-likeness (QED) is 0.691. The van der Waals surface area contributed by atoms with E-state index in [9.17, 15) is 0 Å². The Kier molecular flexibility index (Phi) is 4.34. The summed E-state index contributed by atoms with van der Waals surface area (Å²) in [6.45, 7) is 2.88. The summed E-state index contributed by atoms with van der Waals surface area (Å²) in [4.78, 5) is 9.41. The fraction of sp³-hybridized carbons (Fsp3) is 0.238. The Morgan fingerprint density at radius 2 is 1.64 bits per heavy atom. The van der Waals surface area contributed by atoms with Gasteiger partial charge in [-0.3, -0.25) is 0 Å². The van der Waals surface area contributed by atoms with E-state index in [0.29, 0.717) is 6.04 Å². The minimum atomic E-state index is 0.558. The Morgan fingerprint density at radius 3 is 2.40 bits per heavy atom.